The predicted molar refractivity (Wildman–Crippen MR) is 104 cm³/mol. The highest BCUT2D eigenvalue weighted by atomic mass is 79.9. The predicted octanol–water partition coefficient (Wildman–Crippen LogP) is 3.85. The topological polar surface area (TPSA) is 54.5 Å². The third-order valence-corrected chi connectivity index (χ3v) is 4.67. The Kier molecular flexibility index (Phi) is 6.42. The summed E-state index contributed by atoms with van der Waals surface area (Å²) in [5.41, 5.74) is 4.85. The summed E-state index contributed by atoms with van der Waals surface area (Å²) in [4.78, 5) is 18.6. The van der Waals surface area contributed by atoms with Gasteiger partial charge in [0.05, 0.1) is 25.9 Å². The van der Waals surface area contributed by atoms with Crippen molar-refractivity contribution in [2.75, 3.05) is 26.0 Å². The fourth-order valence-corrected chi connectivity index (χ4v) is 3.15. The molecule has 1 N–H and O–H groups in total. The molecule has 1 amide bonds. The highest BCUT2D eigenvalue weighted by Gasteiger charge is 2.15. The number of rotatable bonds is 6. The first-order valence-corrected chi connectivity index (χ1v) is 8.85. The monoisotopic (exact) mass is 405 g/mol. The van der Waals surface area contributed by atoms with Crippen molar-refractivity contribution in [1.82, 2.24) is 9.88 Å². The molecule has 0 aliphatic heterocycles. The molecule has 2 aromatic rings. The zero-order valence-electron chi connectivity index (χ0n) is 15.3. The average molecular weight is 406 g/mol. The van der Waals surface area contributed by atoms with Crippen LogP contribution in [0.3, 0.4) is 0 Å². The number of nitrogens with zero attached hydrogens (tertiary/aromatic N) is 2. The molecule has 1 heterocycles. The molecule has 0 aliphatic rings. The van der Waals surface area contributed by atoms with Gasteiger partial charge in [-0.1, -0.05) is 15.9 Å². The molecule has 1 aromatic heterocycles. The van der Waals surface area contributed by atoms with Crippen molar-refractivity contribution in [1.29, 1.82) is 0 Å². The Morgan fingerprint density at radius 3 is 2.64 bits per heavy atom. The number of hydrogen-bond donors (Lipinski definition) is 1. The number of aryl methyl sites for hydroxylation is 2. The van der Waals surface area contributed by atoms with Crippen LogP contribution in [0, 0.1) is 20.8 Å². The third kappa shape index (κ3) is 4.72. The summed E-state index contributed by atoms with van der Waals surface area (Å²) in [6, 6.07) is 5.93. The molecule has 2 rings (SSSR count). The number of nitrogens with one attached hydrogen (secondary N) is 1. The Bertz CT molecular complexity index is 778. The fourth-order valence-electron chi connectivity index (χ4n) is 2.67. The lowest BCUT2D eigenvalue weighted by Crippen LogP contribution is -2.32. The number of pyridine rings is 1. The second kappa shape index (κ2) is 8.34. The molecule has 0 saturated carbocycles. The van der Waals surface area contributed by atoms with Gasteiger partial charge >= 0.3 is 0 Å². The molecule has 0 bridgehead atoms. The van der Waals surface area contributed by atoms with Gasteiger partial charge in [-0.25, -0.2) is 0 Å². The Hall–Kier alpha value is -2.08. The molecule has 0 fully saturated rings. The van der Waals surface area contributed by atoms with Crippen molar-refractivity contribution < 1.29 is 9.53 Å². The van der Waals surface area contributed by atoms with Crippen LogP contribution in [-0.2, 0) is 11.3 Å². The summed E-state index contributed by atoms with van der Waals surface area (Å²) in [5.74, 6) is 0.831. The van der Waals surface area contributed by atoms with E-state index in [1.54, 1.807) is 25.3 Å². The van der Waals surface area contributed by atoms with E-state index in [9.17, 15) is 4.79 Å². The molecule has 0 unspecified atom stereocenters. The van der Waals surface area contributed by atoms with Crippen LogP contribution < -0.4 is 10.1 Å². The largest absolute Gasteiger partial charge is 0.496 e. The number of methoxy groups -OCH3 is 1. The van der Waals surface area contributed by atoms with Gasteiger partial charge in [0.25, 0.3) is 0 Å². The SMILES string of the molecule is COc1c(C)cnc(CN(C)C(=O)CNc2ccc(Br)cc2C)c1C. The van der Waals surface area contributed by atoms with Gasteiger partial charge in [0.1, 0.15) is 5.75 Å². The summed E-state index contributed by atoms with van der Waals surface area (Å²) >= 11 is 3.44. The first-order chi connectivity index (χ1) is 11.8. The maximum atomic E-state index is 12.4. The second-order valence-electron chi connectivity index (χ2n) is 6.11. The Balaban J connectivity index is 2.01. The lowest BCUT2D eigenvalue weighted by Gasteiger charge is -2.20. The van der Waals surface area contributed by atoms with Crippen LogP contribution in [0.4, 0.5) is 5.69 Å². The van der Waals surface area contributed by atoms with Crippen LogP contribution >= 0.6 is 15.9 Å². The maximum Gasteiger partial charge on any atom is 0.241 e. The standard InChI is InChI=1S/C19H24BrN3O2/c1-12-8-15(20)6-7-16(12)22-10-18(24)23(4)11-17-14(3)19(25-5)13(2)9-21-17/h6-9,22H,10-11H2,1-5H3. The summed E-state index contributed by atoms with van der Waals surface area (Å²) in [5, 5.41) is 3.20. The number of carbonyl (C=O) groups is 1. The Morgan fingerprint density at radius 1 is 1.28 bits per heavy atom. The van der Waals surface area contributed by atoms with Crippen molar-refractivity contribution in [3.8, 4) is 5.75 Å². The summed E-state index contributed by atoms with van der Waals surface area (Å²) in [6.07, 6.45) is 1.78. The van der Waals surface area contributed by atoms with E-state index in [1.165, 1.54) is 0 Å². The van der Waals surface area contributed by atoms with Gasteiger partial charge in [-0.2, -0.15) is 0 Å². The first kappa shape index (κ1) is 19.2. The molecule has 6 heteroatoms. The number of carbonyl (C=O) groups excluding carboxylic acids is 1. The minimum atomic E-state index is 0.00283. The fraction of sp³-hybridized carbons (Fsp3) is 0.368. The third-order valence-electron chi connectivity index (χ3n) is 4.18. The van der Waals surface area contributed by atoms with Crippen LogP contribution in [0.25, 0.3) is 0 Å². The van der Waals surface area contributed by atoms with E-state index in [2.05, 4.69) is 26.2 Å². The number of anilines is 1. The maximum absolute atomic E-state index is 12.4. The summed E-state index contributed by atoms with van der Waals surface area (Å²) < 4.78 is 6.45. The van der Waals surface area contributed by atoms with E-state index in [0.29, 0.717) is 6.54 Å². The van der Waals surface area contributed by atoms with E-state index in [0.717, 1.165) is 38.3 Å². The molecule has 1 aromatic carbocycles. The van der Waals surface area contributed by atoms with Crippen molar-refractivity contribution in [3.63, 3.8) is 0 Å². The number of benzene rings is 1. The lowest BCUT2D eigenvalue weighted by atomic mass is 10.1. The normalized spacial score (nSPS) is 10.5. The van der Waals surface area contributed by atoms with Crippen LogP contribution in [-0.4, -0.2) is 36.5 Å². The molecule has 0 radical (unpaired) electrons. The van der Waals surface area contributed by atoms with Gasteiger partial charge in [0, 0.05) is 34.5 Å². The zero-order valence-corrected chi connectivity index (χ0v) is 16.9. The van der Waals surface area contributed by atoms with Gasteiger partial charge in [-0.15, -0.1) is 0 Å². The number of amides is 1. The van der Waals surface area contributed by atoms with Gasteiger partial charge in [0.2, 0.25) is 5.91 Å². The van der Waals surface area contributed by atoms with Gasteiger partial charge in [0.15, 0.2) is 0 Å². The minimum absolute atomic E-state index is 0.00283. The van der Waals surface area contributed by atoms with Crippen molar-refractivity contribution >= 4 is 27.5 Å². The molecule has 0 saturated heterocycles. The van der Waals surface area contributed by atoms with Crippen molar-refractivity contribution in [2.24, 2.45) is 0 Å². The van der Waals surface area contributed by atoms with Crippen LogP contribution in [0.1, 0.15) is 22.4 Å². The number of likely N-dealkylation sites (N-methyl/N-ethyl adjacent to an activating group) is 1. The number of ether oxygens (including phenoxy) is 1. The number of halogens is 1. The Labute approximate surface area is 157 Å². The molecular formula is C19H24BrN3O2. The smallest absolute Gasteiger partial charge is 0.241 e. The van der Waals surface area contributed by atoms with E-state index in [4.69, 9.17) is 4.74 Å². The second-order valence-corrected chi connectivity index (χ2v) is 7.02. The van der Waals surface area contributed by atoms with Crippen LogP contribution in [0.2, 0.25) is 0 Å². The van der Waals surface area contributed by atoms with Crippen molar-refractivity contribution in [2.45, 2.75) is 27.3 Å². The molecule has 25 heavy (non-hydrogen) atoms. The molecular weight excluding hydrogens is 382 g/mol. The molecule has 0 spiro atoms. The van der Waals surface area contributed by atoms with E-state index in [1.807, 2.05) is 39.0 Å². The van der Waals surface area contributed by atoms with Crippen LogP contribution in [0.15, 0.2) is 28.9 Å². The molecule has 134 valence electrons. The van der Waals surface area contributed by atoms with E-state index < -0.39 is 0 Å². The first-order valence-electron chi connectivity index (χ1n) is 8.06. The van der Waals surface area contributed by atoms with Gasteiger partial charge in [-0.05, 0) is 44.5 Å². The van der Waals surface area contributed by atoms with Crippen molar-refractivity contribution in [3.05, 3.63) is 51.3 Å². The minimum Gasteiger partial charge on any atom is -0.496 e. The number of hydrogen-bond acceptors (Lipinski definition) is 4. The Morgan fingerprint density at radius 2 is 2.00 bits per heavy atom. The summed E-state index contributed by atoms with van der Waals surface area (Å²) in [6.45, 7) is 6.62. The molecule has 5 nitrogen and oxygen atoms in total. The highest BCUT2D eigenvalue weighted by molar-refractivity contribution is 9.10. The quantitative estimate of drug-likeness (QED) is 0.792. The molecule has 0 aliphatic carbocycles. The number of aromatic nitrogens is 1. The lowest BCUT2D eigenvalue weighted by molar-refractivity contribution is -0.128. The van der Waals surface area contributed by atoms with E-state index >= 15 is 0 Å². The zero-order chi connectivity index (χ0) is 18.6. The highest BCUT2D eigenvalue weighted by Crippen LogP contribution is 2.24. The molecule has 0 atom stereocenters. The van der Waals surface area contributed by atoms with Gasteiger partial charge in [-0.3, -0.25) is 9.78 Å². The summed E-state index contributed by atoms with van der Waals surface area (Å²) in [7, 11) is 3.43. The van der Waals surface area contributed by atoms with E-state index in [-0.39, 0.29) is 12.5 Å². The average Bonchev–Trinajstić information content (AvgIpc) is 2.56. The van der Waals surface area contributed by atoms with Crippen LogP contribution in [0.5, 0.6) is 5.75 Å². The van der Waals surface area contributed by atoms with Gasteiger partial charge < -0.3 is 15.0 Å².